The van der Waals surface area contributed by atoms with Gasteiger partial charge in [0, 0.05) is 41.4 Å². The van der Waals surface area contributed by atoms with Crippen LogP contribution in [0.5, 0.6) is 5.75 Å². The zero-order chi connectivity index (χ0) is 26.5. The number of rotatable bonds is 6. The molecule has 202 valence electrons. The molecule has 1 aromatic carbocycles. The lowest BCUT2D eigenvalue weighted by Gasteiger charge is -2.26. The fraction of sp³-hybridized carbons (Fsp3) is 0.464. The van der Waals surface area contributed by atoms with Crippen LogP contribution in [0.15, 0.2) is 30.3 Å². The molecular formula is C28H33BrN4O5. The summed E-state index contributed by atoms with van der Waals surface area (Å²) in [4.78, 5) is 45.3. The monoisotopic (exact) mass is 584 g/mol. The highest BCUT2D eigenvalue weighted by Gasteiger charge is 2.36. The smallest absolute Gasteiger partial charge is 0.415 e. The summed E-state index contributed by atoms with van der Waals surface area (Å²) in [6.45, 7) is 6.72. The number of amidine groups is 1. The highest BCUT2D eigenvalue weighted by Crippen LogP contribution is 2.40. The number of nitrogens with zero attached hydrogens (tertiary/aromatic N) is 3. The number of hydrogen-bond donors (Lipinski definition) is 2. The number of carbonyl (C=O) groups excluding carboxylic acids is 2. The lowest BCUT2D eigenvalue weighted by Crippen LogP contribution is -2.42. The summed E-state index contributed by atoms with van der Waals surface area (Å²) in [6, 6.07) is 8.12. The molecule has 1 aromatic heterocycles. The summed E-state index contributed by atoms with van der Waals surface area (Å²) in [6.07, 6.45) is 2.59. The molecule has 1 aliphatic carbocycles. The van der Waals surface area contributed by atoms with Crippen molar-refractivity contribution in [3.05, 3.63) is 58.4 Å². The first-order valence-electron chi connectivity index (χ1n) is 12.8. The quantitative estimate of drug-likeness (QED) is 0.462. The Morgan fingerprint density at radius 1 is 1.13 bits per heavy atom. The van der Waals surface area contributed by atoms with Crippen molar-refractivity contribution in [2.75, 3.05) is 13.1 Å². The van der Waals surface area contributed by atoms with Crippen molar-refractivity contribution in [1.29, 1.82) is 5.41 Å². The molecule has 5 rings (SSSR count). The lowest BCUT2D eigenvalue weighted by atomic mass is 9.85. The number of fused-ring (bicyclic) bond motifs is 1. The van der Waals surface area contributed by atoms with Gasteiger partial charge in [-0.05, 0) is 55.4 Å². The SMILES string of the molecule is Br.CC(C)(C)c1cc(C(=O)CN2Cc3ccc(C4CC4)nc3C2=N)ccc1OC(=O)N1CCCC1C(=O)O. The molecule has 1 amide bonds. The number of aliphatic carboxylic acids is 1. The summed E-state index contributed by atoms with van der Waals surface area (Å²) in [7, 11) is 0. The van der Waals surface area contributed by atoms with Gasteiger partial charge in [0.1, 0.15) is 23.3 Å². The molecule has 2 aromatic rings. The van der Waals surface area contributed by atoms with E-state index in [4.69, 9.17) is 15.1 Å². The average Bonchev–Trinajstić information content (AvgIpc) is 3.49. The number of pyridine rings is 1. The number of ether oxygens (including phenoxy) is 1. The minimum atomic E-state index is -1.04. The van der Waals surface area contributed by atoms with Crippen LogP contribution in [0, 0.1) is 5.41 Å². The van der Waals surface area contributed by atoms with E-state index in [2.05, 4.69) is 0 Å². The predicted molar refractivity (Wildman–Crippen MR) is 147 cm³/mol. The van der Waals surface area contributed by atoms with Crippen LogP contribution in [0.3, 0.4) is 0 Å². The Morgan fingerprint density at radius 3 is 2.53 bits per heavy atom. The summed E-state index contributed by atoms with van der Waals surface area (Å²) in [5, 5.41) is 18.0. The zero-order valence-corrected chi connectivity index (χ0v) is 23.5. The molecule has 1 unspecified atom stereocenters. The predicted octanol–water partition coefficient (Wildman–Crippen LogP) is 4.91. The Hall–Kier alpha value is -3.27. The number of Topliss-reactive ketones (excluding diaryl/α,β-unsaturated/α-hetero) is 1. The van der Waals surface area contributed by atoms with Crippen LogP contribution in [0.4, 0.5) is 4.79 Å². The van der Waals surface area contributed by atoms with Crippen molar-refractivity contribution < 1.29 is 24.2 Å². The summed E-state index contributed by atoms with van der Waals surface area (Å²) < 4.78 is 5.66. The summed E-state index contributed by atoms with van der Waals surface area (Å²) >= 11 is 0. The summed E-state index contributed by atoms with van der Waals surface area (Å²) in [5.74, 6) is -0.110. The fourth-order valence-corrected chi connectivity index (χ4v) is 5.05. The van der Waals surface area contributed by atoms with Gasteiger partial charge in [-0.2, -0.15) is 0 Å². The first kappa shape index (κ1) is 27.8. The number of benzene rings is 1. The van der Waals surface area contributed by atoms with E-state index >= 15 is 0 Å². The average molecular weight is 585 g/mol. The van der Waals surface area contributed by atoms with E-state index in [9.17, 15) is 19.5 Å². The number of amides is 1. The van der Waals surface area contributed by atoms with Gasteiger partial charge in [0.15, 0.2) is 5.78 Å². The number of nitrogens with one attached hydrogen (secondary N) is 1. The van der Waals surface area contributed by atoms with E-state index in [-0.39, 0.29) is 35.1 Å². The van der Waals surface area contributed by atoms with Gasteiger partial charge < -0.3 is 14.7 Å². The lowest BCUT2D eigenvalue weighted by molar-refractivity contribution is -0.141. The van der Waals surface area contributed by atoms with E-state index in [1.807, 2.05) is 32.9 Å². The Bertz CT molecular complexity index is 1300. The second-order valence-electron chi connectivity index (χ2n) is 11.2. The number of carboxylic acids is 1. The number of likely N-dealkylation sites (tertiary alicyclic amines) is 1. The molecular weight excluding hydrogens is 552 g/mol. The standard InChI is InChI=1S/C28H32N4O5.BrH/c1-28(2,3)19-13-17(9-11-23(19)37-27(36)32-12-4-5-21(32)26(34)35)22(33)15-31-14-18-8-10-20(16-6-7-16)30-24(18)25(31)29;/h8-11,13,16,21,29H,4-7,12,14-15H2,1-3H3,(H,34,35);1H. The molecule has 3 heterocycles. The molecule has 2 fully saturated rings. The molecule has 10 heteroatoms. The van der Waals surface area contributed by atoms with Crippen molar-refractivity contribution in [3.8, 4) is 5.75 Å². The minimum absolute atomic E-state index is 0. The molecule has 3 aliphatic rings. The third-order valence-electron chi connectivity index (χ3n) is 7.31. The molecule has 1 saturated carbocycles. The molecule has 9 nitrogen and oxygen atoms in total. The Balaban J connectivity index is 0.00000336. The molecule has 0 spiro atoms. The van der Waals surface area contributed by atoms with Gasteiger partial charge in [0.2, 0.25) is 0 Å². The second kappa shape index (κ2) is 10.5. The molecule has 38 heavy (non-hydrogen) atoms. The van der Waals surface area contributed by atoms with Crippen LogP contribution in [0.1, 0.15) is 85.2 Å². The van der Waals surface area contributed by atoms with Crippen LogP contribution < -0.4 is 4.74 Å². The van der Waals surface area contributed by atoms with Gasteiger partial charge in [-0.3, -0.25) is 15.1 Å². The second-order valence-corrected chi connectivity index (χ2v) is 11.2. The molecule has 2 N–H and O–H groups in total. The normalized spacial score (nSPS) is 18.7. The third kappa shape index (κ3) is 5.45. The molecule has 1 saturated heterocycles. The topological polar surface area (TPSA) is 124 Å². The number of halogens is 1. The maximum atomic E-state index is 13.3. The number of hydrogen-bond acceptors (Lipinski definition) is 6. The van der Waals surface area contributed by atoms with Crippen LogP contribution in [0.2, 0.25) is 0 Å². The molecule has 0 bridgehead atoms. The van der Waals surface area contributed by atoms with Gasteiger partial charge in [0.25, 0.3) is 0 Å². The van der Waals surface area contributed by atoms with Gasteiger partial charge in [-0.1, -0.05) is 26.8 Å². The van der Waals surface area contributed by atoms with Gasteiger partial charge in [-0.15, -0.1) is 17.0 Å². The maximum Gasteiger partial charge on any atom is 0.415 e. The minimum Gasteiger partial charge on any atom is -0.480 e. The fourth-order valence-electron chi connectivity index (χ4n) is 5.05. The van der Waals surface area contributed by atoms with E-state index in [1.54, 1.807) is 23.1 Å². The Kier molecular flexibility index (Phi) is 7.65. The first-order valence-corrected chi connectivity index (χ1v) is 12.8. The van der Waals surface area contributed by atoms with E-state index in [0.717, 1.165) is 24.1 Å². The number of ketones is 1. The highest BCUT2D eigenvalue weighted by molar-refractivity contribution is 8.93. The van der Waals surface area contributed by atoms with E-state index in [1.165, 1.54) is 4.90 Å². The van der Waals surface area contributed by atoms with Crippen molar-refractivity contribution >= 4 is 40.7 Å². The van der Waals surface area contributed by atoms with E-state index in [0.29, 0.717) is 54.4 Å². The first-order chi connectivity index (χ1) is 17.5. The van der Waals surface area contributed by atoms with Gasteiger partial charge in [0.05, 0.1) is 6.54 Å². The molecule has 2 aliphatic heterocycles. The Labute approximate surface area is 232 Å². The van der Waals surface area contributed by atoms with Crippen LogP contribution in [0.25, 0.3) is 0 Å². The number of aromatic nitrogens is 1. The van der Waals surface area contributed by atoms with Crippen LogP contribution >= 0.6 is 17.0 Å². The van der Waals surface area contributed by atoms with Gasteiger partial charge in [-0.25, -0.2) is 14.6 Å². The highest BCUT2D eigenvalue weighted by atomic mass is 79.9. The van der Waals surface area contributed by atoms with Crippen molar-refractivity contribution in [1.82, 2.24) is 14.8 Å². The maximum absolute atomic E-state index is 13.3. The Morgan fingerprint density at radius 2 is 1.87 bits per heavy atom. The number of carboxylic acid groups (broad SMARTS) is 1. The third-order valence-corrected chi connectivity index (χ3v) is 7.31. The van der Waals surface area contributed by atoms with Crippen molar-refractivity contribution in [2.24, 2.45) is 0 Å². The van der Waals surface area contributed by atoms with Crippen molar-refractivity contribution in [3.63, 3.8) is 0 Å². The van der Waals surface area contributed by atoms with Crippen LogP contribution in [-0.2, 0) is 16.8 Å². The summed E-state index contributed by atoms with van der Waals surface area (Å²) in [5.41, 5.74) is 3.35. The van der Waals surface area contributed by atoms with Crippen molar-refractivity contribution in [2.45, 2.75) is 70.4 Å². The van der Waals surface area contributed by atoms with E-state index < -0.39 is 23.5 Å². The molecule has 1 atom stereocenters. The number of carbonyl (C=O) groups is 3. The van der Waals surface area contributed by atoms with Gasteiger partial charge >= 0.3 is 12.1 Å². The van der Waals surface area contributed by atoms with Crippen LogP contribution in [-0.4, -0.2) is 62.7 Å². The molecule has 0 radical (unpaired) electrons. The largest absolute Gasteiger partial charge is 0.480 e. The zero-order valence-electron chi connectivity index (χ0n) is 21.8.